The van der Waals surface area contributed by atoms with Crippen molar-refractivity contribution in [1.82, 2.24) is 14.9 Å². The zero-order valence-corrected chi connectivity index (χ0v) is 19.3. The summed E-state index contributed by atoms with van der Waals surface area (Å²) in [6.07, 6.45) is 0. The number of methoxy groups -OCH3 is 2. The van der Waals surface area contributed by atoms with Crippen LogP contribution in [0.2, 0.25) is 0 Å². The van der Waals surface area contributed by atoms with Crippen LogP contribution in [0, 0.1) is 6.92 Å². The van der Waals surface area contributed by atoms with E-state index < -0.39 is 0 Å². The number of piperazine rings is 1. The lowest BCUT2D eigenvalue weighted by molar-refractivity contribution is 0.246. The molecule has 1 aliphatic heterocycles. The van der Waals surface area contributed by atoms with Gasteiger partial charge in [-0.3, -0.25) is 4.90 Å². The smallest absolute Gasteiger partial charge is 0.230 e. The Morgan fingerprint density at radius 2 is 1.81 bits per heavy atom. The second kappa shape index (κ2) is 8.80. The molecule has 1 saturated heterocycles. The van der Waals surface area contributed by atoms with Crippen LogP contribution in [0.25, 0.3) is 21.7 Å². The van der Waals surface area contributed by atoms with E-state index in [0.717, 1.165) is 66.1 Å². The third-order valence-corrected chi connectivity index (χ3v) is 6.93. The van der Waals surface area contributed by atoms with Gasteiger partial charge < -0.3 is 18.8 Å². The van der Waals surface area contributed by atoms with Crippen LogP contribution in [0.5, 0.6) is 11.5 Å². The van der Waals surface area contributed by atoms with Crippen LogP contribution in [0.4, 0.5) is 5.13 Å². The van der Waals surface area contributed by atoms with E-state index in [9.17, 15) is 0 Å². The van der Waals surface area contributed by atoms with Crippen LogP contribution in [-0.4, -0.2) is 55.3 Å². The average Bonchev–Trinajstić information content (AvgIpc) is 3.42. The number of hydrogen-bond acceptors (Lipinski definition) is 8. The van der Waals surface area contributed by atoms with Crippen molar-refractivity contribution in [1.29, 1.82) is 0 Å². The Labute approximate surface area is 191 Å². The number of benzene rings is 2. The normalized spacial score (nSPS) is 14.8. The van der Waals surface area contributed by atoms with Crippen LogP contribution in [0.3, 0.4) is 0 Å². The summed E-state index contributed by atoms with van der Waals surface area (Å²) < 4.78 is 18.1. The van der Waals surface area contributed by atoms with Crippen molar-refractivity contribution in [3.8, 4) is 23.0 Å². The predicted octanol–water partition coefficient (Wildman–Crippen LogP) is 4.60. The molecule has 1 aliphatic rings. The van der Waals surface area contributed by atoms with Gasteiger partial charge in [0.05, 0.1) is 35.7 Å². The first kappa shape index (κ1) is 20.8. The van der Waals surface area contributed by atoms with Gasteiger partial charge in [0.2, 0.25) is 5.89 Å². The number of aryl methyl sites for hydroxylation is 1. The van der Waals surface area contributed by atoms with E-state index in [-0.39, 0.29) is 0 Å². The first-order chi connectivity index (χ1) is 15.6. The van der Waals surface area contributed by atoms with E-state index in [4.69, 9.17) is 23.9 Å². The summed E-state index contributed by atoms with van der Waals surface area (Å²) in [5.41, 5.74) is 2.87. The van der Waals surface area contributed by atoms with Gasteiger partial charge in [0.25, 0.3) is 0 Å². The van der Waals surface area contributed by atoms with E-state index in [1.54, 1.807) is 25.6 Å². The topological polar surface area (TPSA) is 63.9 Å². The molecule has 0 aliphatic carbocycles. The number of aromatic nitrogens is 2. The van der Waals surface area contributed by atoms with Crippen LogP contribution in [0.15, 0.2) is 46.9 Å². The number of fused-ring (bicyclic) bond motifs is 1. The molecule has 3 heterocycles. The van der Waals surface area contributed by atoms with Gasteiger partial charge in [-0.25, -0.2) is 9.97 Å². The first-order valence-electron chi connectivity index (χ1n) is 10.7. The maximum Gasteiger partial charge on any atom is 0.230 e. The zero-order valence-electron chi connectivity index (χ0n) is 18.5. The van der Waals surface area contributed by atoms with Crippen molar-refractivity contribution < 1.29 is 13.9 Å². The fourth-order valence-corrected chi connectivity index (χ4v) is 4.99. The minimum atomic E-state index is 0.574. The molecule has 0 bridgehead atoms. The first-order valence-corrected chi connectivity index (χ1v) is 11.5. The number of hydrogen-bond donors (Lipinski definition) is 0. The van der Waals surface area contributed by atoms with Gasteiger partial charge in [0.15, 0.2) is 5.13 Å². The summed E-state index contributed by atoms with van der Waals surface area (Å²) in [4.78, 5) is 14.4. The Bertz CT molecular complexity index is 1190. The van der Waals surface area contributed by atoms with Crippen molar-refractivity contribution in [2.45, 2.75) is 13.5 Å². The third kappa shape index (κ3) is 4.03. The van der Waals surface area contributed by atoms with Crippen LogP contribution in [-0.2, 0) is 6.54 Å². The Hall–Kier alpha value is -3.10. The highest BCUT2D eigenvalue weighted by Gasteiger charge is 2.23. The molecule has 0 spiro atoms. The Kier molecular flexibility index (Phi) is 5.71. The fourth-order valence-electron chi connectivity index (χ4n) is 3.97. The fraction of sp³-hybridized carbons (Fsp3) is 0.333. The van der Waals surface area contributed by atoms with Crippen molar-refractivity contribution in [2.24, 2.45) is 0 Å². The van der Waals surface area contributed by atoms with E-state index in [1.807, 2.05) is 31.2 Å². The molecule has 7 nitrogen and oxygen atoms in total. The monoisotopic (exact) mass is 450 g/mol. The number of para-hydroxylation sites is 1. The zero-order chi connectivity index (χ0) is 22.1. The van der Waals surface area contributed by atoms with Crippen LogP contribution < -0.4 is 14.4 Å². The quantitative estimate of drug-likeness (QED) is 0.425. The predicted molar refractivity (Wildman–Crippen MR) is 127 cm³/mol. The maximum atomic E-state index is 6.01. The Balaban J connectivity index is 1.26. The van der Waals surface area contributed by atoms with Gasteiger partial charge in [0, 0.05) is 38.8 Å². The van der Waals surface area contributed by atoms with E-state index in [2.05, 4.69) is 28.0 Å². The maximum absolute atomic E-state index is 6.01. The molecule has 1 fully saturated rings. The highest BCUT2D eigenvalue weighted by Crippen LogP contribution is 2.34. The molecule has 32 heavy (non-hydrogen) atoms. The molecule has 2 aromatic heterocycles. The molecule has 0 atom stereocenters. The van der Waals surface area contributed by atoms with Gasteiger partial charge in [-0.15, -0.1) is 0 Å². The van der Waals surface area contributed by atoms with E-state index in [0.29, 0.717) is 11.6 Å². The highest BCUT2D eigenvalue weighted by atomic mass is 32.1. The number of rotatable bonds is 6. The molecule has 166 valence electrons. The molecular weight excluding hydrogens is 424 g/mol. The SMILES string of the molecule is COc1ccc(-c2nc(CN3CCN(c4nc5ccccc5s4)CC3)c(C)o2)c(OC)c1. The molecule has 2 aromatic carbocycles. The second-order valence-electron chi connectivity index (χ2n) is 7.82. The number of ether oxygens (including phenoxy) is 2. The van der Waals surface area contributed by atoms with Crippen molar-refractivity contribution in [2.75, 3.05) is 45.3 Å². The summed E-state index contributed by atoms with van der Waals surface area (Å²) in [5.74, 6) is 2.83. The summed E-state index contributed by atoms with van der Waals surface area (Å²) in [6, 6.07) is 14.0. The second-order valence-corrected chi connectivity index (χ2v) is 8.82. The lowest BCUT2D eigenvalue weighted by Gasteiger charge is -2.34. The van der Waals surface area contributed by atoms with Crippen LogP contribution >= 0.6 is 11.3 Å². The van der Waals surface area contributed by atoms with Gasteiger partial charge in [-0.05, 0) is 31.2 Å². The molecule has 0 radical (unpaired) electrons. The Morgan fingerprint density at radius 1 is 1.00 bits per heavy atom. The van der Waals surface area contributed by atoms with Gasteiger partial charge in [-0.2, -0.15) is 0 Å². The highest BCUT2D eigenvalue weighted by molar-refractivity contribution is 7.22. The molecule has 4 aromatic rings. The summed E-state index contributed by atoms with van der Waals surface area (Å²) >= 11 is 1.77. The van der Waals surface area contributed by atoms with Gasteiger partial charge >= 0.3 is 0 Å². The minimum absolute atomic E-state index is 0.574. The summed E-state index contributed by atoms with van der Waals surface area (Å²) in [6.45, 7) is 6.57. The lowest BCUT2D eigenvalue weighted by atomic mass is 10.2. The van der Waals surface area contributed by atoms with Crippen molar-refractivity contribution in [3.63, 3.8) is 0 Å². The molecule has 5 rings (SSSR count). The summed E-state index contributed by atoms with van der Waals surface area (Å²) in [7, 11) is 3.28. The number of anilines is 1. The molecule has 8 heteroatoms. The number of oxazole rings is 1. The average molecular weight is 451 g/mol. The van der Waals surface area contributed by atoms with Crippen molar-refractivity contribution in [3.05, 3.63) is 53.9 Å². The van der Waals surface area contributed by atoms with Crippen LogP contribution in [0.1, 0.15) is 11.5 Å². The minimum Gasteiger partial charge on any atom is -0.497 e. The molecular formula is C24H26N4O3S. The lowest BCUT2D eigenvalue weighted by Crippen LogP contribution is -2.46. The molecule has 0 unspecified atom stereocenters. The molecule has 0 N–H and O–H groups in total. The summed E-state index contributed by atoms with van der Waals surface area (Å²) in [5, 5.41) is 1.11. The number of nitrogens with zero attached hydrogens (tertiary/aromatic N) is 4. The van der Waals surface area contributed by atoms with Crippen molar-refractivity contribution >= 4 is 26.7 Å². The van der Waals surface area contributed by atoms with E-state index >= 15 is 0 Å². The van der Waals surface area contributed by atoms with Gasteiger partial charge in [-0.1, -0.05) is 23.5 Å². The molecule has 0 saturated carbocycles. The standard InChI is InChI=1S/C24H26N4O3S/c1-16-20(25-23(31-16)18-9-8-17(29-2)14-21(18)30-3)15-27-10-12-28(13-11-27)24-26-19-6-4-5-7-22(19)32-24/h4-9,14H,10-13,15H2,1-3H3. The van der Waals surface area contributed by atoms with E-state index in [1.165, 1.54) is 4.70 Å². The largest absolute Gasteiger partial charge is 0.497 e. The number of thiazole rings is 1. The third-order valence-electron chi connectivity index (χ3n) is 5.83. The molecule has 0 amide bonds. The Morgan fingerprint density at radius 3 is 2.56 bits per heavy atom. The van der Waals surface area contributed by atoms with Gasteiger partial charge in [0.1, 0.15) is 17.3 Å².